The van der Waals surface area contributed by atoms with E-state index in [2.05, 4.69) is 90.4 Å². The number of aromatic nitrogens is 1. The second kappa shape index (κ2) is 4.53. The highest BCUT2D eigenvalue weighted by molar-refractivity contribution is 7.01. The average Bonchev–Trinajstić information content (AvgIpc) is 3.23. The average molecular weight is 341 g/mol. The fourth-order valence-electron chi connectivity index (χ4n) is 5.57. The topological polar surface area (TPSA) is 4.93 Å². The van der Waals surface area contributed by atoms with Crippen molar-refractivity contribution in [3.63, 3.8) is 0 Å². The van der Waals surface area contributed by atoms with Crippen LogP contribution in [0.5, 0.6) is 0 Å². The summed E-state index contributed by atoms with van der Waals surface area (Å²) in [6, 6.07) is 29.2. The quantitative estimate of drug-likeness (QED) is 0.369. The Kier molecular flexibility index (Phi) is 2.33. The molecule has 0 unspecified atom stereocenters. The number of fused-ring (bicyclic) bond motifs is 9. The van der Waals surface area contributed by atoms with Gasteiger partial charge in [0.25, 0.3) is 0 Å². The lowest BCUT2D eigenvalue weighted by Gasteiger charge is -2.25. The van der Waals surface area contributed by atoms with Crippen LogP contribution in [0.15, 0.2) is 78.9 Å². The number of benzene rings is 4. The molecule has 2 aliphatic rings. The lowest BCUT2D eigenvalue weighted by molar-refractivity contribution is 1.19. The molecular weight excluding hydrogens is 325 g/mol. The van der Waals surface area contributed by atoms with Gasteiger partial charge in [0.05, 0.1) is 5.52 Å². The van der Waals surface area contributed by atoms with Crippen molar-refractivity contribution in [1.29, 1.82) is 0 Å². The van der Waals surface area contributed by atoms with E-state index in [0.29, 0.717) is 6.71 Å². The summed E-state index contributed by atoms with van der Waals surface area (Å²) in [5.41, 5.74) is 12.6. The first-order chi connectivity index (χ1) is 13.3. The second-order valence-electron chi connectivity index (χ2n) is 7.81. The van der Waals surface area contributed by atoms with E-state index >= 15 is 0 Å². The van der Waals surface area contributed by atoms with Crippen LogP contribution in [0.1, 0.15) is 5.56 Å². The van der Waals surface area contributed by atoms with Crippen LogP contribution in [0.25, 0.3) is 38.6 Å². The predicted octanol–water partition coefficient (Wildman–Crippen LogP) is 3.90. The molecule has 0 N–H and O–H groups in total. The minimum absolute atomic E-state index is 0.339. The van der Waals surface area contributed by atoms with Gasteiger partial charge in [-0.2, -0.15) is 0 Å². The molecule has 2 aliphatic heterocycles. The van der Waals surface area contributed by atoms with Crippen molar-refractivity contribution in [3.05, 3.63) is 84.4 Å². The fraction of sp³-hybridized carbons (Fsp3) is 0.0400. The van der Waals surface area contributed by atoms with E-state index in [9.17, 15) is 0 Å². The highest BCUT2D eigenvalue weighted by atomic mass is 15.0. The van der Waals surface area contributed by atoms with Gasteiger partial charge in [0.1, 0.15) is 0 Å². The molecular formula is C25H16BN. The van der Waals surface area contributed by atoms with Crippen molar-refractivity contribution in [2.75, 3.05) is 0 Å². The van der Waals surface area contributed by atoms with Crippen LogP contribution in [-0.2, 0) is 0 Å². The van der Waals surface area contributed by atoms with Crippen molar-refractivity contribution in [3.8, 4) is 16.8 Å². The molecule has 0 bridgehead atoms. The number of para-hydroxylation sites is 2. The third-order valence-corrected chi connectivity index (χ3v) is 6.51. The van der Waals surface area contributed by atoms with E-state index in [-0.39, 0.29) is 0 Å². The standard InChI is InChI=1S/C25H16BN/c1-15-14-18-16-8-3-6-12-21(16)27-22-13-7-5-11-20(22)26-19-10-4-2-9-17(19)23(15)24(26)25(18)27/h2-14H,1H3. The highest BCUT2D eigenvalue weighted by Crippen LogP contribution is 2.39. The number of nitrogens with zero attached hydrogens (tertiary/aromatic N) is 1. The predicted molar refractivity (Wildman–Crippen MR) is 116 cm³/mol. The lowest BCUT2D eigenvalue weighted by atomic mass is 9.37. The van der Waals surface area contributed by atoms with Gasteiger partial charge in [-0.25, -0.2) is 0 Å². The van der Waals surface area contributed by atoms with Gasteiger partial charge in [0.15, 0.2) is 0 Å². The van der Waals surface area contributed by atoms with Gasteiger partial charge in [-0.1, -0.05) is 66.1 Å². The Morgan fingerprint density at radius 2 is 1.48 bits per heavy atom. The number of hydrogen-bond donors (Lipinski definition) is 0. The molecule has 0 aliphatic carbocycles. The van der Waals surface area contributed by atoms with E-state index in [0.717, 1.165) is 0 Å². The molecule has 2 heteroatoms. The smallest absolute Gasteiger partial charge is 0.248 e. The van der Waals surface area contributed by atoms with Gasteiger partial charge in [-0.3, -0.25) is 0 Å². The second-order valence-corrected chi connectivity index (χ2v) is 7.81. The molecule has 4 aromatic carbocycles. The Bertz CT molecular complexity index is 1440. The Labute approximate surface area is 158 Å². The summed E-state index contributed by atoms with van der Waals surface area (Å²) < 4.78 is 2.50. The van der Waals surface area contributed by atoms with Gasteiger partial charge < -0.3 is 4.57 Å². The normalized spacial score (nSPS) is 13.3. The Balaban J connectivity index is 1.84. The first kappa shape index (κ1) is 13.9. The summed E-state index contributed by atoms with van der Waals surface area (Å²) in [6.07, 6.45) is 0. The summed E-state index contributed by atoms with van der Waals surface area (Å²) in [5, 5.41) is 2.74. The van der Waals surface area contributed by atoms with Crippen LogP contribution in [0.4, 0.5) is 0 Å². The van der Waals surface area contributed by atoms with Crippen molar-refractivity contribution < 1.29 is 0 Å². The molecule has 0 amide bonds. The molecule has 1 nitrogen and oxygen atoms in total. The fourth-order valence-corrected chi connectivity index (χ4v) is 5.57. The molecule has 27 heavy (non-hydrogen) atoms. The Hall–Kier alpha value is -3.26. The van der Waals surface area contributed by atoms with Crippen LogP contribution in [0.2, 0.25) is 0 Å². The minimum Gasteiger partial charge on any atom is -0.310 e. The van der Waals surface area contributed by atoms with E-state index in [1.807, 2.05) is 0 Å². The van der Waals surface area contributed by atoms with E-state index in [1.54, 1.807) is 0 Å². The zero-order chi connectivity index (χ0) is 17.7. The molecule has 0 fully saturated rings. The van der Waals surface area contributed by atoms with Gasteiger partial charge >= 0.3 is 0 Å². The largest absolute Gasteiger partial charge is 0.310 e. The Morgan fingerprint density at radius 3 is 2.41 bits per heavy atom. The molecule has 0 saturated heterocycles. The van der Waals surface area contributed by atoms with E-state index in [4.69, 9.17) is 0 Å². The molecule has 124 valence electrons. The molecule has 0 radical (unpaired) electrons. The summed E-state index contributed by atoms with van der Waals surface area (Å²) >= 11 is 0. The third kappa shape index (κ3) is 1.46. The molecule has 1 aromatic heterocycles. The lowest BCUT2D eigenvalue weighted by Crippen LogP contribution is -2.53. The maximum Gasteiger partial charge on any atom is 0.248 e. The SMILES string of the molecule is Cc1cc2c3ccccc3n3c2c2c1-c1ccccc1B2c1ccccc1-3. The van der Waals surface area contributed by atoms with Crippen molar-refractivity contribution in [2.24, 2.45) is 0 Å². The number of rotatable bonds is 0. The first-order valence-corrected chi connectivity index (χ1v) is 9.60. The maximum atomic E-state index is 2.50. The third-order valence-electron chi connectivity index (χ3n) is 6.51. The summed E-state index contributed by atoms with van der Waals surface area (Å²) in [7, 11) is 0. The molecule has 0 saturated carbocycles. The molecule has 0 atom stereocenters. The van der Waals surface area contributed by atoms with Crippen LogP contribution >= 0.6 is 0 Å². The summed E-state index contributed by atoms with van der Waals surface area (Å²) in [6.45, 7) is 2.61. The highest BCUT2D eigenvalue weighted by Gasteiger charge is 2.41. The van der Waals surface area contributed by atoms with Gasteiger partial charge in [-0.15, -0.1) is 0 Å². The van der Waals surface area contributed by atoms with Gasteiger partial charge in [0.2, 0.25) is 6.71 Å². The molecule has 7 rings (SSSR count). The Morgan fingerprint density at radius 1 is 0.741 bits per heavy atom. The monoisotopic (exact) mass is 341 g/mol. The van der Waals surface area contributed by atoms with Gasteiger partial charge in [0, 0.05) is 22.0 Å². The van der Waals surface area contributed by atoms with Gasteiger partial charge in [-0.05, 0) is 52.7 Å². The summed E-state index contributed by atoms with van der Waals surface area (Å²) in [4.78, 5) is 0. The van der Waals surface area contributed by atoms with E-state index < -0.39 is 0 Å². The zero-order valence-electron chi connectivity index (χ0n) is 15.0. The van der Waals surface area contributed by atoms with Crippen LogP contribution in [0.3, 0.4) is 0 Å². The minimum atomic E-state index is 0.339. The molecule has 0 spiro atoms. The van der Waals surface area contributed by atoms with Crippen LogP contribution in [-0.4, -0.2) is 11.3 Å². The van der Waals surface area contributed by atoms with Crippen molar-refractivity contribution in [2.45, 2.75) is 6.92 Å². The van der Waals surface area contributed by atoms with Crippen molar-refractivity contribution >= 4 is 44.9 Å². The van der Waals surface area contributed by atoms with Crippen LogP contribution in [0, 0.1) is 6.92 Å². The summed E-state index contributed by atoms with van der Waals surface area (Å²) in [5.74, 6) is 0. The first-order valence-electron chi connectivity index (χ1n) is 9.60. The number of hydrogen-bond acceptors (Lipinski definition) is 0. The zero-order valence-corrected chi connectivity index (χ0v) is 15.0. The van der Waals surface area contributed by atoms with E-state index in [1.165, 1.54) is 60.6 Å². The van der Waals surface area contributed by atoms with Crippen molar-refractivity contribution in [1.82, 2.24) is 4.57 Å². The molecule has 3 heterocycles. The molecule has 5 aromatic rings. The van der Waals surface area contributed by atoms with Crippen LogP contribution < -0.4 is 16.4 Å². The number of aryl methyl sites for hydroxylation is 1. The maximum absolute atomic E-state index is 2.50.